The molecule has 0 aliphatic rings. The summed E-state index contributed by atoms with van der Waals surface area (Å²) in [4.78, 5) is 11.1. The van der Waals surface area contributed by atoms with E-state index in [9.17, 15) is 4.79 Å². The van der Waals surface area contributed by atoms with E-state index in [1.165, 1.54) is 0 Å². The van der Waals surface area contributed by atoms with E-state index in [1.807, 2.05) is 50.2 Å². The molecule has 20 heavy (non-hydrogen) atoms. The molecule has 2 aromatic rings. The number of carbonyl (C=O) groups is 1. The van der Waals surface area contributed by atoms with Gasteiger partial charge in [-0.15, -0.1) is 0 Å². The maximum Gasteiger partial charge on any atom is 0.335 e. The zero-order chi connectivity index (χ0) is 14.5. The van der Waals surface area contributed by atoms with E-state index < -0.39 is 5.97 Å². The number of benzene rings is 2. The van der Waals surface area contributed by atoms with Gasteiger partial charge < -0.3 is 9.84 Å². The van der Waals surface area contributed by atoms with Gasteiger partial charge in [0.1, 0.15) is 5.75 Å². The molecule has 0 saturated heterocycles. The molecule has 104 valence electrons. The highest BCUT2D eigenvalue weighted by Crippen LogP contribution is 2.17. The zero-order valence-corrected chi connectivity index (χ0v) is 11.7. The lowest BCUT2D eigenvalue weighted by atomic mass is 9.98. The number of ether oxygens (including phenoxy) is 1. The number of carboxylic acids is 1. The molecular weight excluding hydrogens is 252 g/mol. The van der Waals surface area contributed by atoms with Crippen LogP contribution in [0.2, 0.25) is 0 Å². The minimum absolute atomic E-state index is 0.371. The third-order valence-electron chi connectivity index (χ3n) is 3.30. The second-order valence-corrected chi connectivity index (χ2v) is 4.81. The highest BCUT2D eigenvalue weighted by Gasteiger charge is 2.10. The Bertz CT molecular complexity index is 603. The summed E-state index contributed by atoms with van der Waals surface area (Å²) in [5, 5.41) is 9.08. The number of rotatable bonds is 5. The van der Waals surface area contributed by atoms with Crippen molar-refractivity contribution in [2.75, 3.05) is 6.61 Å². The van der Waals surface area contributed by atoms with Crippen molar-refractivity contribution in [1.29, 1.82) is 0 Å². The van der Waals surface area contributed by atoms with Crippen LogP contribution in [-0.4, -0.2) is 17.7 Å². The van der Waals surface area contributed by atoms with E-state index in [2.05, 4.69) is 0 Å². The minimum Gasteiger partial charge on any atom is -0.493 e. The van der Waals surface area contributed by atoms with Crippen LogP contribution in [0.3, 0.4) is 0 Å². The van der Waals surface area contributed by atoms with Crippen LogP contribution in [0.25, 0.3) is 0 Å². The molecular formula is C17H18O3. The lowest BCUT2D eigenvalue weighted by Crippen LogP contribution is -2.06. The van der Waals surface area contributed by atoms with E-state index in [-0.39, 0.29) is 0 Å². The number of carboxylic acid groups (broad SMARTS) is 1. The monoisotopic (exact) mass is 270 g/mol. The molecule has 0 atom stereocenters. The maximum absolute atomic E-state index is 11.1. The summed E-state index contributed by atoms with van der Waals surface area (Å²) in [5.74, 6) is -0.0262. The third-order valence-corrected chi connectivity index (χ3v) is 3.30. The molecule has 0 heterocycles. The number of hydrogen-bond acceptors (Lipinski definition) is 2. The Labute approximate surface area is 118 Å². The van der Waals surface area contributed by atoms with E-state index in [0.717, 1.165) is 28.9 Å². The van der Waals surface area contributed by atoms with Crippen LogP contribution in [0.15, 0.2) is 42.5 Å². The first-order chi connectivity index (χ1) is 9.58. The molecule has 2 rings (SSSR count). The van der Waals surface area contributed by atoms with Gasteiger partial charge in [0, 0.05) is 6.42 Å². The quantitative estimate of drug-likeness (QED) is 0.902. The predicted molar refractivity (Wildman–Crippen MR) is 78.5 cm³/mol. The van der Waals surface area contributed by atoms with Gasteiger partial charge in [0.25, 0.3) is 0 Å². The highest BCUT2D eigenvalue weighted by atomic mass is 16.5. The summed E-state index contributed by atoms with van der Waals surface area (Å²) < 4.78 is 5.67. The number of para-hydroxylation sites is 1. The molecule has 0 aliphatic carbocycles. The Morgan fingerprint density at radius 2 is 1.80 bits per heavy atom. The smallest absolute Gasteiger partial charge is 0.335 e. The number of aromatic carboxylic acids is 1. The van der Waals surface area contributed by atoms with Crippen molar-refractivity contribution in [3.63, 3.8) is 0 Å². The highest BCUT2D eigenvalue weighted by molar-refractivity contribution is 5.89. The van der Waals surface area contributed by atoms with Gasteiger partial charge in [-0.1, -0.05) is 24.3 Å². The average Bonchev–Trinajstić information content (AvgIpc) is 2.43. The van der Waals surface area contributed by atoms with Gasteiger partial charge in [-0.05, 0) is 48.7 Å². The van der Waals surface area contributed by atoms with Crippen LogP contribution in [0.5, 0.6) is 5.75 Å². The van der Waals surface area contributed by atoms with Crippen molar-refractivity contribution in [3.8, 4) is 5.75 Å². The van der Waals surface area contributed by atoms with Gasteiger partial charge in [0.05, 0.1) is 12.2 Å². The third kappa shape index (κ3) is 3.38. The molecule has 2 aromatic carbocycles. The lowest BCUT2D eigenvalue weighted by molar-refractivity contribution is 0.0696. The Hall–Kier alpha value is -2.29. The molecule has 0 radical (unpaired) electrons. The van der Waals surface area contributed by atoms with Crippen molar-refractivity contribution in [2.45, 2.75) is 20.3 Å². The Morgan fingerprint density at radius 1 is 1.10 bits per heavy atom. The second-order valence-electron chi connectivity index (χ2n) is 4.81. The van der Waals surface area contributed by atoms with E-state index >= 15 is 0 Å². The molecule has 0 amide bonds. The minimum atomic E-state index is -0.877. The summed E-state index contributed by atoms with van der Waals surface area (Å²) in [6, 6.07) is 13.3. The Balaban J connectivity index is 2.03. The SMILES string of the molecule is Cc1cc(C(=O)O)c(C)cc1CCOc1ccccc1. The molecule has 0 unspecified atom stereocenters. The molecule has 0 aromatic heterocycles. The summed E-state index contributed by atoms with van der Waals surface area (Å²) in [6.07, 6.45) is 0.765. The fourth-order valence-electron chi connectivity index (χ4n) is 2.17. The summed E-state index contributed by atoms with van der Waals surface area (Å²) in [5.41, 5.74) is 3.28. The number of hydrogen-bond donors (Lipinski definition) is 1. The number of aryl methyl sites for hydroxylation is 2. The molecule has 0 fully saturated rings. The van der Waals surface area contributed by atoms with E-state index in [4.69, 9.17) is 9.84 Å². The van der Waals surface area contributed by atoms with Crippen molar-refractivity contribution >= 4 is 5.97 Å². The van der Waals surface area contributed by atoms with Gasteiger partial charge in [0.15, 0.2) is 0 Å². The maximum atomic E-state index is 11.1. The fourth-order valence-corrected chi connectivity index (χ4v) is 2.17. The average molecular weight is 270 g/mol. The largest absolute Gasteiger partial charge is 0.493 e. The van der Waals surface area contributed by atoms with Crippen molar-refractivity contribution < 1.29 is 14.6 Å². The second kappa shape index (κ2) is 6.24. The zero-order valence-electron chi connectivity index (χ0n) is 11.7. The molecule has 1 N–H and O–H groups in total. The molecule has 0 bridgehead atoms. The summed E-state index contributed by atoms with van der Waals surface area (Å²) >= 11 is 0. The van der Waals surface area contributed by atoms with Crippen molar-refractivity contribution in [1.82, 2.24) is 0 Å². The fraction of sp³-hybridized carbons (Fsp3) is 0.235. The van der Waals surface area contributed by atoms with Crippen LogP contribution in [0.4, 0.5) is 0 Å². The van der Waals surface area contributed by atoms with Crippen LogP contribution < -0.4 is 4.74 Å². The molecule has 3 nitrogen and oxygen atoms in total. The normalized spacial score (nSPS) is 10.3. The topological polar surface area (TPSA) is 46.5 Å². The summed E-state index contributed by atoms with van der Waals surface area (Å²) in [7, 11) is 0. The first kappa shape index (κ1) is 14.1. The van der Waals surface area contributed by atoms with E-state index in [0.29, 0.717) is 12.2 Å². The Morgan fingerprint density at radius 3 is 2.45 bits per heavy atom. The van der Waals surface area contributed by atoms with Crippen LogP contribution in [0, 0.1) is 13.8 Å². The Kier molecular flexibility index (Phi) is 4.41. The van der Waals surface area contributed by atoms with Gasteiger partial charge in [0.2, 0.25) is 0 Å². The summed E-state index contributed by atoms with van der Waals surface area (Å²) in [6.45, 7) is 4.34. The van der Waals surface area contributed by atoms with Crippen molar-refractivity contribution in [2.24, 2.45) is 0 Å². The van der Waals surface area contributed by atoms with Gasteiger partial charge in [-0.3, -0.25) is 0 Å². The molecule has 0 saturated carbocycles. The van der Waals surface area contributed by atoms with Crippen LogP contribution in [-0.2, 0) is 6.42 Å². The van der Waals surface area contributed by atoms with Gasteiger partial charge in [-0.25, -0.2) is 4.79 Å². The standard InChI is InChI=1S/C17H18O3/c1-12-11-16(17(18)19)13(2)10-14(12)8-9-20-15-6-4-3-5-7-15/h3-7,10-11H,8-9H2,1-2H3,(H,18,19). The first-order valence-electron chi connectivity index (χ1n) is 6.59. The molecule has 0 aliphatic heterocycles. The van der Waals surface area contributed by atoms with Gasteiger partial charge in [-0.2, -0.15) is 0 Å². The van der Waals surface area contributed by atoms with Crippen LogP contribution in [0.1, 0.15) is 27.0 Å². The predicted octanol–water partition coefficient (Wildman–Crippen LogP) is 3.62. The van der Waals surface area contributed by atoms with E-state index in [1.54, 1.807) is 6.07 Å². The van der Waals surface area contributed by atoms with Crippen molar-refractivity contribution in [3.05, 3.63) is 64.7 Å². The first-order valence-corrected chi connectivity index (χ1v) is 6.59. The van der Waals surface area contributed by atoms with Crippen LogP contribution >= 0.6 is 0 Å². The lowest BCUT2D eigenvalue weighted by Gasteiger charge is -2.11. The van der Waals surface area contributed by atoms with Gasteiger partial charge >= 0.3 is 5.97 Å². The molecule has 0 spiro atoms. The molecule has 3 heteroatoms.